The highest BCUT2D eigenvalue weighted by Gasteiger charge is 2.37. The lowest BCUT2D eigenvalue weighted by Gasteiger charge is -2.11. The van der Waals surface area contributed by atoms with Gasteiger partial charge in [-0.3, -0.25) is 5.10 Å². The lowest BCUT2D eigenvalue weighted by Crippen LogP contribution is -2.05. The second-order valence-electron chi connectivity index (χ2n) is 18.2. The Balaban J connectivity index is 0.000000214. The Morgan fingerprint density at radius 1 is 0.614 bits per heavy atom. The summed E-state index contributed by atoms with van der Waals surface area (Å²) in [6, 6.07) is 13.9. The van der Waals surface area contributed by atoms with Crippen molar-refractivity contribution in [3.05, 3.63) is 129 Å². The number of nitrogens with one attached hydrogen (secondary N) is 1. The van der Waals surface area contributed by atoms with E-state index in [1.54, 1.807) is 81.5 Å². The maximum Gasteiger partial charge on any atom is 0.434 e. The number of fused-ring (bicyclic) bond motifs is 2. The lowest BCUT2D eigenvalue weighted by molar-refractivity contribution is -0.141. The van der Waals surface area contributed by atoms with Gasteiger partial charge in [-0.1, -0.05) is 78.2 Å². The SMILES string of the molecule is C.C.C.C.CCn1cc(C(F)(F)F)nc1-c1ccc(CO)cc1.CCn1cc(C(F)(F)F)nc1-c1ccc(Cn2nc(Br)c3cnc(-c4c(OC)ncnc4C4CC4)nc32)cc1.COc1ncnc(C2CC2)c1-c1ncc2c(Br)[nH]nc2n1. The number of imidazole rings is 2. The summed E-state index contributed by atoms with van der Waals surface area (Å²) in [4.78, 5) is 43.2. The van der Waals surface area contributed by atoms with Crippen molar-refractivity contribution < 1.29 is 40.9 Å². The van der Waals surface area contributed by atoms with Crippen molar-refractivity contribution in [2.24, 2.45) is 0 Å². The van der Waals surface area contributed by atoms with Crippen LogP contribution < -0.4 is 9.47 Å². The first-order valence-corrected chi connectivity index (χ1v) is 26.2. The fraction of sp³-hybridized carbons (Fsp3) is 0.357. The molecule has 10 aromatic rings. The molecule has 2 aromatic carbocycles. The number of rotatable bonds is 13. The van der Waals surface area contributed by atoms with Crippen LogP contribution in [0.15, 0.2) is 95.2 Å². The highest BCUT2D eigenvalue weighted by molar-refractivity contribution is 9.10. The molecule has 12 rings (SSSR count). The molecule has 440 valence electrons. The number of nitrogens with zero attached hydrogens (tertiary/aromatic N) is 15. The second kappa shape index (κ2) is 26.6. The van der Waals surface area contributed by atoms with Crippen molar-refractivity contribution in [3.8, 4) is 57.3 Å². The number of aryl methyl sites for hydroxylation is 2. The highest BCUT2D eigenvalue weighted by Crippen LogP contribution is 2.46. The molecule has 0 bridgehead atoms. The molecule has 27 heteroatoms. The number of aliphatic hydroxyl groups excluding tert-OH is 1. The van der Waals surface area contributed by atoms with Gasteiger partial charge in [-0.2, -0.15) is 36.5 Å². The second-order valence-corrected chi connectivity index (χ2v) is 19.7. The number of halogens is 8. The summed E-state index contributed by atoms with van der Waals surface area (Å²) in [6.45, 7) is 4.59. The summed E-state index contributed by atoms with van der Waals surface area (Å²) < 4.78 is 94.5. The summed E-state index contributed by atoms with van der Waals surface area (Å²) in [7, 11) is 3.15. The minimum Gasteiger partial charge on any atom is -0.480 e. The van der Waals surface area contributed by atoms with Gasteiger partial charge < -0.3 is 23.7 Å². The molecule has 2 saturated carbocycles. The van der Waals surface area contributed by atoms with E-state index in [2.05, 4.69) is 92.0 Å². The normalized spacial score (nSPS) is 12.9. The van der Waals surface area contributed by atoms with Crippen LogP contribution >= 0.6 is 31.9 Å². The summed E-state index contributed by atoms with van der Waals surface area (Å²) in [6.07, 6.45) is 3.91. The molecule has 0 spiro atoms. The third kappa shape index (κ3) is 13.8. The summed E-state index contributed by atoms with van der Waals surface area (Å²) in [5, 5.41) is 22.1. The smallest absolute Gasteiger partial charge is 0.434 e. The minimum atomic E-state index is -4.50. The Kier molecular flexibility index (Phi) is 20.7. The molecule has 0 radical (unpaired) electrons. The highest BCUT2D eigenvalue weighted by atomic mass is 79.9. The van der Waals surface area contributed by atoms with E-state index >= 15 is 0 Å². The molecular weight excluding hydrogens is 1220 g/mol. The average Bonchev–Trinajstić information content (AvgIpc) is 3.45. The number of H-pyrrole nitrogens is 1. The van der Waals surface area contributed by atoms with E-state index in [4.69, 9.17) is 19.6 Å². The molecule has 83 heavy (non-hydrogen) atoms. The molecule has 19 nitrogen and oxygen atoms in total. The van der Waals surface area contributed by atoms with Crippen LogP contribution in [0.25, 0.3) is 67.6 Å². The quantitative estimate of drug-likeness (QED) is 0.102. The molecule has 0 saturated heterocycles. The van der Waals surface area contributed by atoms with Crippen molar-refractivity contribution >= 4 is 53.9 Å². The zero-order chi connectivity index (χ0) is 55.8. The Labute approximate surface area is 491 Å². The van der Waals surface area contributed by atoms with Gasteiger partial charge in [-0.25, -0.2) is 54.5 Å². The monoisotopic (exact) mass is 1280 g/mol. The number of aromatic nitrogens is 16. The van der Waals surface area contributed by atoms with E-state index in [1.165, 1.54) is 21.8 Å². The van der Waals surface area contributed by atoms with Gasteiger partial charge in [0.05, 0.1) is 49.5 Å². The van der Waals surface area contributed by atoms with Crippen LogP contribution in [0.1, 0.15) is 115 Å². The fourth-order valence-electron chi connectivity index (χ4n) is 8.61. The molecule has 2 aliphatic rings. The standard InChI is InChI=1S/C26H22BrF3N8O.C13H11BrN6O.C13H13F3N2O.4CH4/c1-3-37-12-18(26(28,29)30)34-23(37)16-6-4-14(5-7-16)11-38-24-17(21(27)36-38)10-31-22(35-24)19-20(15-8-9-15)32-13-33-25(19)39-2;1-21-13-8(9(6-2-3-6)16-5-17-13)12-15-4-7-10(14)19-20-11(7)18-12;1-2-18-7-11(13(14,15)16)17-12(18)10-5-3-9(8-19)4-6-10;;;;/h4-7,10,12-13,15H,3,8-9,11H2,1-2H3;4-6H,2-3H2,1H3,(H,15,18,19,20);3-7,19H,2,8H2,1H3;4*1H4. The molecule has 0 amide bonds. The Bertz CT molecular complexity index is 3800. The molecule has 0 unspecified atom stereocenters. The number of hydrogen-bond donors (Lipinski definition) is 2. The van der Waals surface area contributed by atoms with Gasteiger partial charge >= 0.3 is 12.4 Å². The fourth-order valence-corrected chi connectivity index (χ4v) is 9.45. The van der Waals surface area contributed by atoms with Gasteiger partial charge in [0, 0.05) is 60.8 Å². The summed E-state index contributed by atoms with van der Waals surface area (Å²) >= 11 is 6.88. The van der Waals surface area contributed by atoms with Gasteiger partial charge in [0.25, 0.3) is 0 Å². The van der Waals surface area contributed by atoms with Crippen molar-refractivity contribution in [2.45, 2.75) is 120 Å². The molecule has 2 fully saturated rings. The summed E-state index contributed by atoms with van der Waals surface area (Å²) in [5.41, 5.74) is 5.47. The zero-order valence-corrected chi connectivity index (χ0v) is 45.6. The van der Waals surface area contributed by atoms with Crippen molar-refractivity contribution in [1.82, 2.24) is 79.0 Å². The van der Waals surface area contributed by atoms with Crippen molar-refractivity contribution in [3.63, 3.8) is 0 Å². The zero-order valence-electron chi connectivity index (χ0n) is 42.4. The largest absolute Gasteiger partial charge is 0.480 e. The number of ether oxygens (including phenoxy) is 2. The molecule has 2 aliphatic carbocycles. The van der Waals surface area contributed by atoms with Crippen LogP contribution in [-0.2, 0) is 38.6 Å². The van der Waals surface area contributed by atoms with Gasteiger partial charge in [0.15, 0.2) is 34.3 Å². The first-order chi connectivity index (χ1) is 38.0. The van der Waals surface area contributed by atoms with Gasteiger partial charge in [-0.15, -0.1) is 0 Å². The van der Waals surface area contributed by atoms with Crippen LogP contribution in [0.2, 0.25) is 0 Å². The maximum atomic E-state index is 13.2. The first kappa shape index (κ1) is 64.4. The van der Waals surface area contributed by atoms with E-state index in [0.29, 0.717) is 93.0 Å². The van der Waals surface area contributed by atoms with Gasteiger partial charge in [-0.05, 0) is 82.5 Å². The minimum absolute atomic E-state index is 0. The number of hydrogen-bond acceptors (Lipinski definition) is 15. The Hall–Kier alpha value is -7.78. The molecule has 8 heterocycles. The molecule has 0 aliphatic heterocycles. The van der Waals surface area contributed by atoms with E-state index in [9.17, 15) is 26.3 Å². The van der Waals surface area contributed by atoms with Crippen LogP contribution in [0.4, 0.5) is 26.3 Å². The Morgan fingerprint density at radius 2 is 1.07 bits per heavy atom. The van der Waals surface area contributed by atoms with Crippen LogP contribution in [0, 0.1) is 0 Å². The van der Waals surface area contributed by atoms with Gasteiger partial charge in [0.1, 0.15) is 44.6 Å². The van der Waals surface area contributed by atoms with Crippen LogP contribution in [0.5, 0.6) is 11.8 Å². The number of alkyl halides is 6. The summed E-state index contributed by atoms with van der Waals surface area (Å²) in [5.74, 6) is 3.25. The van der Waals surface area contributed by atoms with Crippen molar-refractivity contribution in [2.75, 3.05) is 14.2 Å². The number of aromatic amines is 1. The molecular formula is C56H62Br2F6N16O3. The number of aliphatic hydroxyl groups is 1. The lowest BCUT2D eigenvalue weighted by atomic mass is 10.1. The third-order valence-electron chi connectivity index (χ3n) is 12.9. The van der Waals surface area contributed by atoms with E-state index < -0.39 is 23.7 Å². The maximum absolute atomic E-state index is 13.2. The Morgan fingerprint density at radius 3 is 1.51 bits per heavy atom. The predicted octanol–water partition coefficient (Wildman–Crippen LogP) is 14.0. The van der Waals surface area contributed by atoms with E-state index in [0.717, 1.165) is 76.0 Å². The van der Waals surface area contributed by atoms with Gasteiger partial charge in [0.2, 0.25) is 11.8 Å². The topological polar surface area (TPSA) is 224 Å². The predicted molar refractivity (Wildman–Crippen MR) is 310 cm³/mol. The van der Waals surface area contributed by atoms with E-state index in [1.807, 2.05) is 12.1 Å². The van der Waals surface area contributed by atoms with E-state index in [-0.39, 0.29) is 48.0 Å². The number of methoxy groups -OCH3 is 2. The van der Waals surface area contributed by atoms with Crippen molar-refractivity contribution in [1.29, 1.82) is 0 Å². The third-order valence-corrected chi connectivity index (χ3v) is 14.1. The molecule has 8 aromatic heterocycles. The average molecular weight is 1280 g/mol. The van der Waals surface area contributed by atoms with Crippen LogP contribution in [-0.4, -0.2) is 98.3 Å². The first-order valence-electron chi connectivity index (χ1n) is 24.6. The number of benzene rings is 2. The molecule has 2 N–H and O–H groups in total. The molecule has 0 atom stereocenters. The van der Waals surface area contributed by atoms with Crippen LogP contribution in [0.3, 0.4) is 0 Å².